The Morgan fingerprint density at radius 1 is 1.10 bits per heavy atom. The number of nitrogens with zero attached hydrogens (tertiary/aromatic N) is 3. The first kappa shape index (κ1) is 23.1. The molecule has 3 N–H and O–H groups in total. The number of nitrogens with two attached hydrogens (primary N) is 1. The molecule has 31 heavy (non-hydrogen) atoms. The number of benzene rings is 1. The van der Waals surface area contributed by atoms with Gasteiger partial charge in [0.2, 0.25) is 5.91 Å². The van der Waals surface area contributed by atoms with E-state index in [0.29, 0.717) is 31.6 Å². The quantitative estimate of drug-likeness (QED) is 0.649. The fourth-order valence-corrected chi connectivity index (χ4v) is 4.92. The Labute approximate surface area is 184 Å². The summed E-state index contributed by atoms with van der Waals surface area (Å²) in [6, 6.07) is 7.32. The van der Waals surface area contributed by atoms with Gasteiger partial charge >= 0.3 is 5.97 Å². The lowest BCUT2D eigenvalue weighted by molar-refractivity contribution is -0.139. The van der Waals surface area contributed by atoms with Gasteiger partial charge in [0, 0.05) is 44.9 Å². The summed E-state index contributed by atoms with van der Waals surface area (Å²) in [7, 11) is 3.91. The van der Waals surface area contributed by atoms with Crippen LogP contribution in [-0.4, -0.2) is 79.0 Å². The van der Waals surface area contributed by atoms with Crippen LogP contribution in [0.3, 0.4) is 0 Å². The first-order valence-corrected chi connectivity index (χ1v) is 11.1. The maximum Gasteiger partial charge on any atom is 0.303 e. The molecule has 0 saturated carbocycles. The van der Waals surface area contributed by atoms with Gasteiger partial charge in [0.25, 0.3) is 5.91 Å². The van der Waals surface area contributed by atoms with Crippen LogP contribution in [-0.2, 0) is 9.59 Å². The highest BCUT2D eigenvalue weighted by molar-refractivity contribution is 5.94. The molecule has 3 rings (SSSR count). The van der Waals surface area contributed by atoms with E-state index in [-0.39, 0.29) is 36.1 Å². The number of carbonyl (C=O) groups excluding carboxylic acids is 2. The fraction of sp³-hybridized carbons (Fsp3) is 0.609. The monoisotopic (exact) mass is 430 g/mol. The Morgan fingerprint density at radius 3 is 2.42 bits per heavy atom. The maximum absolute atomic E-state index is 13.1. The van der Waals surface area contributed by atoms with Gasteiger partial charge in [-0.3, -0.25) is 19.3 Å². The minimum Gasteiger partial charge on any atom is -0.481 e. The number of rotatable bonds is 8. The second-order valence-electron chi connectivity index (χ2n) is 8.98. The summed E-state index contributed by atoms with van der Waals surface area (Å²) in [4.78, 5) is 42.1. The van der Waals surface area contributed by atoms with Gasteiger partial charge in [-0.05, 0) is 74.9 Å². The van der Waals surface area contributed by atoms with Crippen molar-refractivity contribution in [2.24, 2.45) is 17.6 Å². The molecule has 0 bridgehead atoms. The number of amides is 2. The van der Waals surface area contributed by atoms with Gasteiger partial charge in [0.1, 0.15) is 0 Å². The molecule has 3 unspecified atom stereocenters. The highest BCUT2D eigenvalue weighted by Gasteiger charge is 2.35. The zero-order valence-corrected chi connectivity index (χ0v) is 18.5. The number of hydrogen-bond donors (Lipinski definition) is 2. The minimum atomic E-state index is -0.801. The summed E-state index contributed by atoms with van der Waals surface area (Å²) in [5.74, 6) is -0.983. The molecule has 2 aliphatic rings. The zero-order chi connectivity index (χ0) is 22.5. The summed E-state index contributed by atoms with van der Waals surface area (Å²) in [6.45, 7) is 2.65. The van der Waals surface area contributed by atoms with Gasteiger partial charge in [-0.1, -0.05) is 0 Å². The Hall–Kier alpha value is -2.61. The lowest BCUT2D eigenvalue weighted by atomic mass is 9.81. The van der Waals surface area contributed by atoms with Crippen molar-refractivity contribution < 1.29 is 19.5 Å². The van der Waals surface area contributed by atoms with Gasteiger partial charge in [-0.2, -0.15) is 0 Å². The second-order valence-corrected chi connectivity index (χ2v) is 8.98. The normalized spacial score (nSPS) is 24.2. The van der Waals surface area contributed by atoms with Crippen LogP contribution in [0.15, 0.2) is 24.3 Å². The summed E-state index contributed by atoms with van der Waals surface area (Å²) in [5.41, 5.74) is 7.21. The second kappa shape index (κ2) is 10.1. The van der Waals surface area contributed by atoms with E-state index in [1.54, 1.807) is 0 Å². The first-order chi connectivity index (χ1) is 14.8. The summed E-state index contributed by atoms with van der Waals surface area (Å²) in [6.07, 6.45) is 3.28. The average molecular weight is 431 g/mol. The predicted octanol–water partition coefficient (Wildman–Crippen LogP) is 1.65. The maximum atomic E-state index is 13.1. The number of carboxylic acid groups (broad SMARTS) is 1. The van der Waals surface area contributed by atoms with Crippen LogP contribution in [0.4, 0.5) is 5.69 Å². The summed E-state index contributed by atoms with van der Waals surface area (Å²) in [5, 5.41) is 9.35. The van der Waals surface area contributed by atoms with E-state index in [2.05, 4.69) is 4.90 Å². The number of carbonyl (C=O) groups is 3. The topological polar surface area (TPSA) is 107 Å². The van der Waals surface area contributed by atoms with Gasteiger partial charge < -0.3 is 20.6 Å². The molecule has 2 fully saturated rings. The number of hydrogen-bond acceptors (Lipinski definition) is 5. The number of primary amides is 1. The molecule has 0 spiro atoms. The van der Waals surface area contributed by atoms with Crippen molar-refractivity contribution in [1.82, 2.24) is 9.80 Å². The van der Waals surface area contributed by atoms with E-state index >= 15 is 0 Å². The third-order valence-corrected chi connectivity index (χ3v) is 6.73. The summed E-state index contributed by atoms with van der Waals surface area (Å²) >= 11 is 0. The van der Waals surface area contributed by atoms with Gasteiger partial charge in [0.15, 0.2) is 0 Å². The van der Waals surface area contributed by atoms with Crippen LogP contribution in [0.5, 0.6) is 0 Å². The summed E-state index contributed by atoms with van der Waals surface area (Å²) < 4.78 is 0. The molecule has 1 aromatic rings. The molecule has 2 amide bonds. The van der Waals surface area contributed by atoms with E-state index < -0.39 is 5.97 Å². The van der Waals surface area contributed by atoms with Crippen molar-refractivity contribution >= 4 is 23.5 Å². The Bertz CT molecular complexity index is 795. The van der Waals surface area contributed by atoms with E-state index in [1.807, 2.05) is 48.2 Å². The molecular formula is C23H34N4O4. The average Bonchev–Trinajstić information content (AvgIpc) is 3.21. The van der Waals surface area contributed by atoms with Crippen molar-refractivity contribution in [3.63, 3.8) is 0 Å². The van der Waals surface area contributed by atoms with Crippen molar-refractivity contribution in [2.75, 3.05) is 45.2 Å². The van der Waals surface area contributed by atoms with Crippen molar-refractivity contribution in [1.29, 1.82) is 0 Å². The standard InChI is InChI=1S/C23H34N4O4/c1-25(2)19-7-5-16(6-8-19)23(31)27-13-9-17(14-21(28)29)18(15-27)10-12-26-11-3-4-20(26)22(24)30/h5-8,17-18,20H,3-4,9-15H2,1-2H3,(H2,24,30)(H,28,29). The molecule has 0 aromatic heterocycles. The molecule has 2 saturated heterocycles. The molecule has 2 aliphatic heterocycles. The number of carboxylic acids is 1. The van der Waals surface area contributed by atoms with E-state index in [0.717, 1.165) is 31.5 Å². The van der Waals surface area contributed by atoms with Crippen LogP contribution in [0.2, 0.25) is 0 Å². The van der Waals surface area contributed by atoms with Gasteiger partial charge in [0.05, 0.1) is 6.04 Å². The largest absolute Gasteiger partial charge is 0.481 e. The molecule has 3 atom stereocenters. The first-order valence-electron chi connectivity index (χ1n) is 11.1. The van der Waals surface area contributed by atoms with Crippen LogP contribution in [0.1, 0.15) is 42.5 Å². The van der Waals surface area contributed by atoms with Crippen molar-refractivity contribution in [3.05, 3.63) is 29.8 Å². The number of aliphatic carboxylic acids is 1. The number of anilines is 1. The molecule has 0 aliphatic carbocycles. The molecule has 8 nitrogen and oxygen atoms in total. The smallest absolute Gasteiger partial charge is 0.303 e. The zero-order valence-electron chi connectivity index (χ0n) is 18.5. The lowest BCUT2D eigenvalue weighted by Gasteiger charge is -2.39. The van der Waals surface area contributed by atoms with Crippen LogP contribution in [0, 0.1) is 11.8 Å². The molecule has 170 valence electrons. The molecule has 0 radical (unpaired) electrons. The van der Waals surface area contributed by atoms with Crippen molar-refractivity contribution in [2.45, 2.75) is 38.1 Å². The van der Waals surface area contributed by atoms with Gasteiger partial charge in [-0.15, -0.1) is 0 Å². The molecule has 8 heteroatoms. The lowest BCUT2D eigenvalue weighted by Crippen LogP contribution is -2.46. The number of likely N-dealkylation sites (tertiary alicyclic amines) is 2. The van der Waals surface area contributed by atoms with Crippen LogP contribution >= 0.6 is 0 Å². The highest BCUT2D eigenvalue weighted by atomic mass is 16.4. The Morgan fingerprint density at radius 2 is 1.81 bits per heavy atom. The number of piperidine rings is 1. The van der Waals surface area contributed by atoms with Crippen LogP contribution < -0.4 is 10.6 Å². The van der Waals surface area contributed by atoms with Crippen molar-refractivity contribution in [3.8, 4) is 0 Å². The Kier molecular flexibility index (Phi) is 7.54. The van der Waals surface area contributed by atoms with E-state index in [1.165, 1.54) is 0 Å². The third kappa shape index (κ3) is 5.76. The fourth-order valence-electron chi connectivity index (χ4n) is 4.92. The van der Waals surface area contributed by atoms with Crippen LogP contribution in [0.25, 0.3) is 0 Å². The Balaban J connectivity index is 1.66. The predicted molar refractivity (Wildman–Crippen MR) is 119 cm³/mol. The SMILES string of the molecule is CN(C)c1ccc(C(=O)N2CCC(CC(=O)O)C(CCN3CCCC3C(N)=O)C2)cc1. The molecule has 1 aromatic carbocycles. The molecule has 2 heterocycles. The van der Waals surface area contributed by atoms with E-state index in [4.69, 9.17) is 5.73 Å². The minimum absolute atomic E-state index is 0.0136. The molecular weight excluding hydrogens is 396 g/mol. The highest BCUT2D eigenvalue weighted by Crippen LogP contribution is 2.31. The van der Waals surface area contributed by atoms with Gasteiger partial charge in [-0.25, -0.2) is 0 Å². The third-order valence-electron chi connectivity index (χ3n) is 6.73. The van der Waals surface area contributed by atoms with E-state index in [9.17, 15) is 19.5 Å².